The first-order valence-electron chi connectivity index (χ1n) is 5.77. The quantitative estimate of drug-likeness (QED) is 0.533. The Bertz CT molecular complexity index is 594. The first-order chi connectivity index (χ1) is 9.08. The van der Waals surface area contributed by atoms with Crippen molar-refractivity contribution in [3.63, 3.8) is 0 Å². The second-order valence-electron chi connectivity index (χ2n) is 4.14. The zero-order chi connectivity index (χ0) is 13.8. The van der Waals surface area contributed by atoms with Crippen LogP contribution < -0.4 is 11.1 Å². The van der Waals surface area contributed by atoms with Crippen molar-refractivity contribution < 1.29 is 9.90 Å². The number of aromatic nitrogens is 3. The third-order valence-electron chi connectivity index (χ3n) is 2.73. The zero-order valence-electron chi connectivity index (χ0n) is 10.5. The third-order valence-corrected chi connectivity index (χ3v) is 2.73. The largest absolute Gasteiger partial charge is 0.506 e. The highest BCUT2D eigenvalue weighted by atomic mass is 16.3. The Balaban J connectivity index is 1.91. The average Bonchev–Trinajstić information content (AvgIpc) is 2.78. The number of phenols is 1. The molecule has 0 atom stereocenters. The van der Waals surface area contributed by atoms with Gasteiger partial charge in [-0.2, -0.15) is 0 Å². The summed E-state index contributed by atoms with van der Waals surface area (Å²) in [6.07, 6.45) is 2.19. The second-order valence-corrected chi connectivity index (χ2v) is 4.14. The van der Waals surface area contributed by atoms with Crippen LogP contribution in [0.25, 0.3) is 0 Å². The van der Waals surface area contributed by atoms with E-state index < -0.39 is 0 Å². The van der Waals surface area contributed by atoms with E-state index in [1.807, 2.05) is 7.05 Å². The monoisotopic (exact) mass is 261 g/mol. The van der Waals surface area contributed by atoms with Crippen molar-refractivity contribution in [2.45, 2.75) is 6.42 Å². The highest BCUT2D eigenvalue weighted by Crippen LogP contribution is 2.20. The molecule has 0 saturated carbocycles. The molecule has 7 heteroatoms. The van der Waals surface area contributed by atoms with Gasteiger partial charge in [-0.15, -0.1) is 10.2 Å². The molecule has 1 aromatic carbocycles. The number of nitrogens with zero attached hydrogens (tertiary/aromatic N) is 3. The molecule has 4 N–H and O–H groups in total. The van der Waals surface area contributed by atoms with Gasteiger partial charge < -0.3 is 20.7 Å². The summed E-state index contributed by atoms with van der Waals surface area (Å²) in [4.78, 5) is 11.8. The van der Waals surface area contributed by atoms with Gasteiger partial charge in [0.25, 0.3) is 5.91 Å². The molecular formula is C12H15N5O2. The third kappa shape index (κ3) is 3.01. The molecule has 0 bridgehead atoms. The van der Waals surface area contributed by atoms with E-state index in [9.17, 15) is 9.90 Å². The first kappa shape index (κ1) is 12.9. The SMILES string of the molecule is Cn1cnnc1CCNC(=O)c1ccc(N)c(O)c1. The number of phenolic OH excluding ortho intramolecular Hbond substituents is 1. The normalized spacial score (nSPS) is 10.4. The smallest absolute Gasteiger partial charge is 0.251 e. The summed E-state index contributed by atoms with van der Waals surface area (Å²) in [5.74, 6) is 0.430. The molecule has 1 aromatic heterocycles. The van der Waals surface area contributed by atoms with Crippen molar-refractivity contribution >= 4 is 11.6 Å². The number of nitrogens with one attached hydrogen (secondary N) is 1. The minimum Gasteiger partial charge on any atom is -0.506 e. The number of hydrogen-bond acceptors (Lipinski definition) is 5. The number of amides is 1. The van der Waals surface area contributed by atoms with Crippen LogP contribution in [0, 0.1) is 0 Å². The molecule has 0 aliphatic carbocycles. The van der Waals surface area contributed by atoms with E-state index in [-0.39, 0.29) is 17.3 Å². The molecule has 0 aliphatic rings. The van der Waals surface area contributed by atoms with Crippen LogP contribution in [0.5, 0.6) is 5.75 Å². The molecule has 100 valence electrons. The molecule has 1 amide bonds. The first-order valence-corrected chi connectivity index (χ1v) is 5.77. The number of anilines is 1. The molecule has 2 aromatic rings. The average molecular weight is 261 g/mol. The van der Waals surface area contributed by atoms with Crippen LogP contribution in [0.4, 0.5) is 5.69 Å². The van der Waals surface area contributed by atoms with Crippen LogP contribution >= 0.6 is 0 Å². The molecule has 0 unspecified atom stereocenters. The van der Waals surface area contributed by atoms with Crippen molar-refractivity contribution in [2.24, 2.45) is 7.05 Å². The zero-order valence-corrected chi connectivity index (χ0v) is 10.5. The lowest BCUT2D eigenvalue weighted by Crippen LogP contribution is -2.26. The lowest BCUT2D eigenvalue weighted by Gasteiger charge is -2.06. The summed E-state index contributed by atoms with van der Waals surface area (Å²) < 4.78 is 1.79. The fourth-order valence-corrected chi connectivity index (χ4v) is 1.61. The Morgan fingerprint density at radius 1 is 1.53 bits per heavy atom. The standard InChI is InChI=1S/C12H15N5O2/c1-17-7-15-16-11(17)4-5-14-12(19)8-2-3-9(13)10(18)6-8/h2-3,6-7,18H,4-5,13H2,1H3,(H,14,19). The van der Waals surface area contributed by atoms with Gasteiger partial charge in [0.05, 0.1) is 5.69 Å². The molecule has 0 fully saturated rings. The summed E-state index contributed by atoms with van der Waals surface area (Å²) in [5.41, 5.74) is 6.08. The second kappa shape index (κ2) is 5.38. The summed E-state index contributed by atoms with van der Waals surface area (Å²) in [5, 5.41) is 19.8. The lowest BCUT2D eigenvalue weighted by atomic mass is 10.2. The van der Waals surface area contributed by atoms with Crippen LogP contribution in [-0.4, -0.2) is 32.3 Å². The summed E-state index contributed by atoms with van der Waals surface area (Å²) in [7, 11) is 1.84. The minimum absolute atomic E-state index is 0.0963. The molecule has 0 spiro atoms. The number of aryl methyl sites for hydroxylation is 1. The number of aromatic hydroxyl groups is 1. The van der Waals surface area contributed by atoms with Crippen molar-refractivity contribution in [1.82, 2.24) is 20.1 Å². The number of benzene rings is 1. The van der Waals surface area contributed by atoms with E-state index in [4.69, 9.17) is 5.73 Å². The van der Waals surface area contributed by atoms with E-state index in [1.165, 1.54) is 12.1 Å². The molecule has 0 aliphatic heterocycles. The highest BCUT2D eigenvalue weighted by Gasteiger charge is 2.08. The van der Waals surface area contributed by atoms with Gasteiger partial charge in [0.1, 0.15) is 17.9 Å². The number of carbonyl (C=O) groups excluding carboxylic acids is 1. The van der Waals surface area contributed by atoms with Crippen molar-refractivity contribution in [3.8, 4) is 5.75 Å². The van der Waals surface area contributed by atoms with Crippen LogP contribution in [0.1, 0.15) is 16.2 Å². The predicted octanol–water partition coefficient (Wildman–Crippen LogP) is 0.0754. The van der Waals surface area contributed by atoms with Crippen LogP contribution in [-0.2, 0) is 13.5 Å². The maximum Gasteiger partial charge on any atom is 0.251 e. The molecule has 0 saturated heterocycles. The topological polar surface area (TPSA) is 106 Å². The summed E-state index contributed by atoms with van der Waals surface area (Å²) >= 11 is 0. The van der Waals surface area contributed by atoms with Crippen LogP contribution in [0.3, 0.4) is 0 Å². The van der Waals surface area contributed by atoms with Crippen molar-refractivity contribution in [2.75, 3.05) is 12.3 Å². The number of rotatable bonds is 4. The summed E-state index contributed by atoms with van der Waals surface area (Å²) in [6, 6.07) is 4.40. The number of nitrogens with two attached hydrogens (primary N) is 1. The van der Waals surface area contributed by atoms with Crippen molar-refractivity contribution in [3.05, 3.63) is 35.9 Å². The van der Waals surface area contributed by atoms with E-state index in [2.05, 4.69) is 15.5 Å². The number of carbonyl (C=O) groups is 1. The fourth-order valence-electron chi connectivity index (χ4n) is 1.61. The van der Waals surface area contributed by atoms with Gasteiger partial charge in [0.15, 0.2) is 0 Å². The van der Waals surface area contributed by atoms with Gasteiger partial charge in [0, 0.05) is 25.6 Å². The van der Waals surface area contributed by atoms with Gasteiger partial charge in [0.2, 0.25) is 0 Å². The predicted molar refractivity (Wildman–Crippen MR) is 69.6 cm³/mol. The molecule has 1 heterocycles. The maximum absolute atomic E-state index is 11.8. The van der Waals surface area contributed by atoms with E-state index >= 15 is 0 Å². The summed E-state index contributed by atoms with van der Waals surface area (Å²) in [6.45, 7) is 0.441. The van der Waals surface area contributed by atoms with E-state index in [0.29, 0.717) is 18.5 Å². The molecule has 0 radical (unpaired) electrons. The Morgan fingerprint density at radius 3 is 2.95 bits per heavy atom. The van der Waals surface area contributed by atoms with Crippen molar-refractivity contribution in [1.29, 1.82) is 0 Å². The Hall–Kier alpha value is -2.57. The van der Waals surface area contributed by atoms with Gasteiger partial charge in [-0.1, -0.05) is 0 Å². The van der Waals surface area contributed by atoms with E-state index in [1.54, 1.807) is 17.0 Å². The van der Waals surface area contributed by atoms with E-state index in [0.717, 1.165) is 5.82 Å². The number of hydrogen-bond donors (Lipinski definition) is 3. The van der Waals surface area contributed by atoms with Crippen LogP contribution in [0.2, 0.25) is 0 Å². The molecule has 2 rings (SSSR count). The number of nitrogen functional groups attached to an aromatic ring is 1. The Kier molecular flexibility index (Phi) is 3.65. The van der Waals surface area contributed by atoms with Gasteiger partial charge in [-0.3, -0.25) is 4.79 Å². The lowest BCUT2D eigenvalue weighted by molar-refractivity contribution is 0.0953. The molecule has 19 heavy (non-hydrogen) atoms. The maximum atomic E-state index is 11.8. The fraction of sp³-hybridized carbons (Fsp3) is 0.250. The Labute approximate surface area is 110 Å². The van der Waals surface area contributed by atoms with Gasteiger partial charge in [-0.05, 0) is 18.2 Å². The molecular weight excluding hydrogens is 246 g/mol. The van der Waals surface area contributed by atoms with Crippen LogP contribution in [0.15, 0.2) is 24.5 Å². The van der Waals surface area contributed by atoms with Gasteiger partial charge in [-0.25, -0.2) is 0 Å². The van der Waals surface area contributed by atoms with Gasteiger partial charge >= 0.3 is 0 Å². The minimum atomic E-state index is -0.266. The highest BCUT2D eigenvalue weighted by molar-refractivity contribution is 5.95. The Morgan fingerprint density at radius 2 is 2.32 bits per heavy atom. The molecule has 7 nitrogen and oxygen atoms in total.